The zero-order chi connectivity index (χ0) is 19.0. The molecule has 0 unspecified atom stereocenters. The van der Waals surface area contributed by atoms with E-state index in [1.54, 1.807) is 29.2 Å². The highest BCUT2D eigenvalue weighted by Gasteiger charge is 2.35. The second-order valence-electron chi connectivity index (χ2n) is 6.96. The van der Waals surface area contributed by atoms with Crippen LogP contribution in [0, 0.1) is 0 Å². The molecule has 1 N–H and O–H groups in total. The maximum atomic E-state index is 13.0. The number of aliphatic carboxylic acids is 1. The fraction of sp³-hybridized carbons (Fsp3) is 0.286. The van der Waals surface area contributed by atoms with Crippen LogP contribution in [0.3, 0.4) is 0 Å². The van der Waals surface area contributed by atoms with Crippen LogP contribution >= 0.6 is 0 Å². The van der Waals surface area contributed by atoms with Gasteiger partial charge in [0, 0.05) is 37.2 Å². The van der Waals surface area contributed by atoms with Crippen LogP contribution in [0.5, 0.6) is 0 Å². The third-order valence-corrected chi connectivity index (χ3v) is 5.29. The lowest BCUT2D eigenvalue weighted by Crippen LogP contribution is -2.48. The summed E-state index contributed by atoms with van der Waals surface area (Å²) in [4.78, 5) is 39.7. The van der Waals surface area contributed by atoms with Crippen molar-refractivity contribution in [2.24, 2.45) is 0 Å². The average Bonchev–Trinajstić information content (AvgIpc) is 3.12. The lowest BCUT2D eigenvalue weighted by molar-refractivity contribution is -0.142. The molecule has 2 aliphatic heterocycles. The molecule has 2 aromatic carbocycles. The zero-order valence-electron chi connectivity index (χ0n) is 14.8. The Hall–Kier alpha value is -3.15. The van der Waals surface area contributed by atoms with E-state index < -0.39 is 12.0 Å². The van der Waals surface area contributed by atoms with Gasteiger partial charge in [-0.2, -0.15) is 0 Å². The molecule has 0 aromatic heterocycles. The standard InChI is InChI=1S/C21H20N2O4/c24-19-6-3-11-22(19)17-9-7-14(8-10-17)20(25)23-13-16-5-2-1-4-15(16)12-18(23)21(26)27/h1-2,4-5,7-10,18H,3,6,11-13H2,(H,26,27)/t18-/m0/s1. The first-order valence-electron chi connectivity index (χ1n) is 9.05. The molecule has 27 heavy (non-hydrogen) atoms. The summed E-state index contributed by atoms with van der Waals surface area (Å²) >= 11 is 0. The molecule has 6 nitrogen and oxygen atoms in total. The van der Waals surface area contributed by atoms with Crippen LogP contribution in [-0.4, -0.2) is 40.4 Å². The highest BCUT2D eigenvalue weighted by Crippen LogP contribution is 2.27. The monoisotopic (exact) mass is 364 g/mol. The molecule has 2 amide bonds. The normalized spacial score (nSPS) is 19.1. The number of fused-ring (bicyclic) bond motifs is 1. The number of benzene rings is 2. The molecule has 2 aromatic rings. The third-order valence-electron chi connectivity index (χ3n) is 5.29. The number of hydrogen-bond donors (Lipinski definition) is 1. The van der Waals surface area contributed by atoms with E-state index >= 15 is 0 Å². The molecule has 6 heteroatoms. The van der Waals surface area contributed by atoms with Gasteiger partial charge in [0.15, 0.2) is 0 Å². The van der Waals surface area contributed by atoms with Crippen molar-refractivity contribution in [3.05, 3.63) is 65.2 Å². The lowest BCUT2D eigenvalue weighted by Gasteiger charge is -2.34. The molecule has 0 bridgehead atoms. The van der Waals surface area contributed by atoms with E-state index in [0.717, 1.165) is 23.2 Å². The van der Waals surface area contributed by atoms with Crippen LogP contribution < -0.4 is 4.90 Å². The maximum Gasteiger partial charge on any atom is 0.326 e. The van der Waals surface area contributed by atoms with Crippen LogP contribution in [0.2, 0.25) is 0 Å². The third kappa shape index (κ3) is 3.18. The number of anilines is 1. The minimum atomic E-state index is -1.00. The number of nitrogens with zero attached hydrogens (tertiary/aromatic N) is 2. The van der Waals surface area contributed by atoms with E-state index in [2.05, 4.69) is 0 Å². The Morgan fingerprint density at radius 1 is 1.00 bits per heavy atom. The van der Waals surface area contributed by atoms with Gasteiger partial charge in [0.05, 0.1) is 0 Å². The van der Waals surface area contributed by atoms with Gasteiger partial charge in [-0.05, 0) is 41.8 Å². The van der Waals surface area contributed by atoms with Crippen molar-refractivity contribution >= 4 is 23.5 Å². The Bertz CT molecular complexity index is 907. The van der Waals surface area contributed by atoms with Crippen molar-refractivity contribution in [1.82, 2.24) is 4.90 Å². The Labute approximate surface area is 157 Å². The molecule has 1 fully saturated rings. The fourth-order valence-corrected chi connectivity index (χ4v) is 3.83. The van der Waals surface area contributed by atoms with Crippen LogP contribution in [0.15, 0.2) is 48.5 Å². The van der Waals surface area contributed by atoms with E-state index in [-0.39, 0.29) is 18.4 Å². The summed E-state index contributed by atoms with van der Waals surface area (Å²) in [6, 6.07) is 13.6. The van der Waals surface area contributed by atoms with Crippen molar-refractivity contribution < 1.29 is 19.5 Å². The predicted octanol–water partition coefficient (Wildman–Crippen LogP) is 2.47. The van der Waals surface area contributed by atoms with Gasteiger partial charge in [-0.3, -0.25) is 9.59 Å². The first-order valence-corrected chi connectivity index (χ1v) is 9.05. The van der Waals surface area contributed by atoms with E-state index in [9.17, 15) is 19.5 Å². The van der Waals surface area contributed by atoms with Crippen LogP contribution in [-0.2, 0) is 22.6 Å². The van der Waals surface area contributed by atoms with E-state index in [1.807, 2.05) is 24.3 Å². The smallest absolute Gasteiger partial charge is 0.326 e. The molecule has 0 saturated carbocycles. The van der Waals surface area contributed by atoms with Gasteiger partial charge < -0.3 is 14.9 Å². The topological polar surface area (TPSA) is 77.9 Å². The molecular formula is C21H20N2O4. The number of carboxylic acids is 1. The van der Waals surface area contributed by atoms with Gasteiger partial charge in [-0.25, -0.2) is 4.79 Å². The van der Waals surface area contributed by atoms with Gasteiger partial charge >= 0.3 is 5.97 Å². The van der Waals surface area contributed by atoms with Gasteiger partial charge in [-0.15, -0.1) is 0 Å². The highest BCUT2D eigenvalue weighted by atomic mass is 16.4. The quantitative estimate of drug-likeness (QED) is 0.908. The minimum absolute atomic E-state index is 0.0904. The predicted molar refractivity (Wildman–Crippen MR) is 99.5 cm³/mol. The largest absolute Gasteiger partial charge is 0.480 e. The Kier molecular flexibility index (Phi) is 4.39. The molecule has 0 aliphatic carbocycles. The number of rotatable bonds is 3. The molecule has 138 valence electrons. The van der Waals surface area contributed by atoms with E-state index in [0.29, 0.717) is 24.9 Å². The van der Waals surface area contributed by atoms with Gasteiger partial charge in [-0.1, -0.05) is 24.3 Å². The number of carbonyl (C=O) groups is 3. The Balaban J connectivity index is 1.59. The number of amides is 2. The molecule has 4 rings (SSSR count). The minimum Gasteiger partial charge on any atom is -0.480 e. The lowest BCUT2D eigenvalue weighted by atomic mass is 9.93. The summed E-state index contributed by atoms with van der Waals surface area (Å²) < 4.78 is 0. The van der Waals surface area contributed by atoms with E-state index in [1.165, 1.54) is 4.90 Å². The number of carboxylic acid groups (broad SMARTS) is 1. The van der Waals surface area contributed by atoms with Crippen LogP contribution in [0.1, 0.15) is 34.3 Å². The maximum absolute atomic E-state index is 13.0. The first kappa shape index (κ1) is 17.3. The van der Waals surface area contributed by atoms with Crippen molar-refractivity contribution in [3.8, 4) is 0 Å². The molecule has 1 atom stereocenters. The fourth-order valence-electron chi connectivity index (χ4n) is 3.83. The van der Waals surface area contributed by atoms with Gasteiger partial charge in [0.2, 0.25) is 5.91 Å². The summed E-state index contributed by atoms with van der Waals surface area (Å²) in [6.45, 7) is 0.967. The molecule has 0 spiro atoms. The second-order valence-corrected chi connectivity index (χ2v) is 6.96. The molecule has 1 saturated heterocycles. The Morgan fingerprint density at radius 2 is 1.70 bits per heavy atom. The summed E-state index contributed by atoms with van der Waals surface area (Å²) in [6.07, 6.45) is 1.69. The van der Waals surface area contributed by atoms with Crippen molar-refractivity contribution in [1.29, 1.82) is 0 Å². The molecular weight excluding hydrogens is 344 g/mol. The Morgan fingerprint density at radius 3 is 2.33 bits per heavy atom. The second kappa shape index (κ2) is 6.87. The highest BCUT2D eigenvalue weighted by molar-refractivity contribution is 5.99. The summed E-state index contributed by atoms with van der Waals surface area (Å²) in [5.41, 5.74) is 3.14. The zero-order valence-corrected chi connectivity index (χ0v) is 14.8. The molecule has 2 aliphatic rings. The molecule has 0 radical (unpaired) electrons. The summed E-state index contributed by atoms with van der Waals surface area (Å²) in [5.74, 6) is -1.22. The SMILES string of the molecule is O=C(O)[C@@H]1Cc2ccccc2CN1C(=O)c1ccc(N2CCCC2=O)cc1. The van der Waals surface area contributed by atoms with Gasteiger partial charge in [0.1, 0.15) is 6.04 Å². The summed E-state index contributed by atoms with van der Waals surface area (Å²) in [5, 5.41) is 9.61. The number of carbonyl (C=O) groups excluding carboxylic acids is 2. The van der Waals surface area contributed by atoms with E-state index in [4.69, 9.17) is 0 Å². The average molecular weight is 364 g/mol. The first-order chi connectivity index (χ1) is 13.0. The van der Waals surface area contributed by atoms with Crippen molar-refractivity contribution in [2.75, 3.05) is 11.4 Å². The van der Waals surface area contributed by atoms with Crippen LogP contribution in [0.4, 0.5) is 5.69 Å². The summed E-state index contributed by atoms with van der Waals surface area (Å²) in [7, 11) is 0. The number of hydrogen-bond acceptors (Lipinski definition) is 3. The molecule has 2 heterocycles. The van der Waals surface area contributed by atoms with Crippen molar-refractivity contribution in [2.45, 2.75) is 31.8 Å². The van der Waals surface area contributed by atoms with Crippen molar-refractivity contribution in [3.63, 3.8) is 0 Å². The van der Waals surface area contributed by atoms with Gasteiger partial charge in [0.25, 0.3) is 5.91 Å². The van der Waals surface area contributed by atoms with Crippen LogP contribution in [0.25, 0.3) is 0 Å².